The number of benzene rings is 2. The second-order valence-electron chi connectivity index (χ2n) is 13.3. The summed E-state index contributed by atoms with van der Waals surface area (Å²) >= 11 is 6.51. The first-order valence-corrected chi connectivity index (χ1v) is 15.3. The number of hydrogen-bond donors (Lipinski definition) is 0. The van der Waals surface area contributed by atoms with Gasteiger partial charge in [0.05, 0.1) is 11.0 Å². The highest BCUT2D eigenvalue weighted by Crippen LogP contribution is 2.45. The van der Waals surface area contributed by atoms with Crippen LogP contribution in [0.5, 0.6) is 0 Å². The number of fused-ring (bicyclic) bond motifs is 3. The Labute approximate surface area is 238 Å². The molecule has 0 aliphatic carbocycles. The van der Waals surface area contributed by atoms with Crippen molar-refractivity contribution in [3.8, 4) is 0 Å². The Kier molecular flexibility index (Phi) is 7.04. The number of aryl methyl sites for hydroxylation is 1. The number of halogens is 1. The molecule has 3 aliphatic heterocycles. The molecule has 3 saturated heterocycles. The van der Waals surface area contributed by atoms with E-state index in [-0.39, 0.29) is 16.7 Å². The van der Waals surface area contributed by atoms with Crippen molar-refractivity contribution in [2.45, 2.75) is 96.2 Å². The van der Waals surface area contributed by atoms with Crippen LogP contribution in [0, 0.1) is 12.3 Å². The largest absolute Gasteiger partial charge is 0.342 e. The van der Waals surface area contributed by atoms with Gasteiger partial charge in [-0.3, -0.25) is 9.69 Å². The number of amides is 1. The molecule has 0 spiro atoms. The molecule has 0 N–H and O–H groups in total. The normalized spacial score (nSPS) is 25.4. The van der Waals surface area contributed by atoms with E-state index in [1.807, 2.05) is 26.8 Å². The van der Waals surface area contributed by atoms with Crippen LogP contribution < -0.4 is 0 Å². The number of rotatable bonds is 5. The van der Waals surface area contributed by atoms with E-state index >= 15 is 0 Å². The van der Waals surface area contributed by atoms with E-state index in [9.17, 15) is 4.79 Å². The zero-order valence-electron chi connectivity index (χ0n) is 24.0. The highest BCUT2D eigenvalue weighted by molar-refractivity contribution is 6.30. The van der Waals surface area contributed by atoms with Crippen LogP contribution in [0.1, 0.15) is 83.1 Å². The Hall–Kier alpha value is -2.37. The topological polar surface area (TPSA) is 41.4 Å². The van der Waals surface area contributed by atoms with Crippen molar-refractivity contribution in [1.29, 1.82) is 0 Å². The first-order chi connectivity index (χ1) is 18.6. The average molecular weight is 547 g/mol. The highest BCUT2D eigenvalue weighted by atomic mass is 35.5. The van der Waals surface area contributed by atoms with Gasteiger partial charge in [0.15, 0.2) is 0 Å². The SMILES string of the molecule is Cc1nc2ccccc2n1C1C[C@H]2CC[C@@H](C1)N2CCC1(c2cccc(Cl)c2)CCN(C(=O)C(C)(C)C)CC1. The van der Waals surface area contributed by atoms with Crippen molar-refractivity contribution < 1.29 is 4.79 Å². The number of piperidine rings is 2. The van der Waals surface area contributed by atoms with Crippen molar-refractivity contribution >= 4 is 28.5 Å². The Morgan fingerprint density at radius 3 is 2.36 bits per heavy atom. The molecule has 3 aliphatic rings. The second-order valence-corrected chi connectivity index (χ2v) is 13.8. The Bertz CT molecular complexity index is 1340. The summed E-state index contributed by atoms with van der Waals surface area (Å²) < 4.78 is 2.52. The van der Waals surface area contributed by atoms with Gasteiger partial charge in [0, 0.05) is 41.7 Å². The Morgan fingerprint density at radius 2 is 1.69 bits per heavy atom. The lowest BCUT2D eigenvalue weighted by Crippen LogP contribution is -2.50. The molecule has 208 valence electrons. The van der Waals surface area contributed by atoms with Crippen molar-refractivity contribution in [1.82, 2.24) is 19.4 Å². The maximum absolute atomic E-state index is 13.0. The second kappa shape index (κ2) is 10.2. The summed E-state index contributed by atoms with van der Waals surface area (Å²) in [7, 11) is 0. The van der Waals surface area contributed by atoms with Crippen LogP contribution in [0.15, 0.2) is 48.5 Å². The zero-order valence-corrected chi connectivity index (χ0v) is 24.8. The summed E-state index contributed by atoms with van der Waals surface area (Å²) in [6.07, 6.45) is 8.12. The average Bonchev–Trinajstić information content (AvgIpc) is 3.37. The van der Waals surface area contributed by atoms with Gasteiger partial charge in [-0.25, -0.2) is 4.98 Å². The van der Waals surface area contributed by atoms with Crippen LogP contribution >= 0.6 is 11.6 Å². The van der Waals surface area contributed by atoms with Crippen LogP contribution in [0.2, 0.25) is 5.02 Å². The molecule has 0 radical (unpaired) electrons. The third-order valence-electron chi connectivity index (χ3n) is 9.93. The fraction of sp³-hybridized carbons (Fsp3) is 0.576. The fourth-order valence-corrected chi connectivity index (χ4v) is 8.09. The molecule has 4 heterocycles. The molecule has 5 nitrogen and oxygen atoms in total. The molecular weight excluding hydrogens is 504 g/mol. The number of para-hydroxylation sites is 2. The predicted octanol–water partition coefficient (Wildman–Crippen LogP) is 7.16. The van der Waals surface area contributed by atoms with Crippen molar-refractivity contribution in [2.24, 2.45) is 5.41 Å². The van der Waals surface area contributed by atoms with E-state index in [4.69, 9.17) is 16.6 Å². The molecular formula is C33H43ClN4O. The Balaban J connectivity index is 1.19. The number of imidazole rings is 1. The quantitative estimate of drug-likeness (QED) is 0.341. The lowest BCUT2D eigenvalue weighted by molar-refractivity contribution is -0.141. The Morgan fingerprint density at radius 1 is 1.00 bits per heavy atom. The van der Waals surface area contributed by atoms with Crippen molar-refractivity contribution in [3.05, 3.63) is 64.9 Å². The monoisotopic (exact) mass is 546 g/mol. The van der Waals surface area contributed by atoms with Crippen LogP contribution in [0.25, 0.3) is 11.0 Å². The van der Waals surface area contributed by atoms with E-state index in [0.29, 0.717) is 18.1 Å². The minimum Gasteiger partial charge on any atom is -0.342 e. The molecule has 1 amide bonds. The lowest BCUT2D eigenvalue weighted by Gasteiger charge is -2.46. The molecule has 6 heteroatoms. The number of hydrogen-bond acceptors (Lipinski definition) is 3. The molecule has 3 aromatic rings. The number of carbonyl (C=O) groups excluding carboxylic acids is 1. The molecule has 3 atom stereocenters. The molecule has 6 rings (SSSR count). The zero-order chi connectivity index (χ0) is 27.4. The molecule has 3 fully saturated rings. The summed E-state index contributed by atoms with van der Waals surface area (Å²) in [6.45, 7) is 11.0. The van der Waals surface area contributed by atoms with Gasteiger partial charge in [0.25, 0.3) is 0 Å². The number of nitrogens with zero attached hydrogens (tertiary/aromatic N) is 4. The van der Waals surface area contributed by atoms with Gasteiger partial charge in [-0.15, -0.1) is 0 Å². The standard InChI is InChI=1S/C33H43ClN4O/c1-23-35-29-10-5-6-11-30(29)38(23)28-21-26-12-13-27(22-28)37(26)19-16-33(24-8-7-9-25(34)20-24)14-17-36(18-15-33)31(39)32(2,3)4/h5-11,20,26-28H,12-19,21-22H2,1-4H3/t26-,27+,28?. The van der Waals surface area contributed by atoms with Crippen molar-refractivity contribution in [3.63, 3.8) is 0 Å². The first-order valence-electron chi connectivity index (χ1n) is 14.9. The van der Waals surface area contributed by atoms with E-state index in [0.717, 1.165) is 55.3 Å². The van der Waals surface area contributed by atoms with Gasteiger partial charge in [0.2, 0.25) is 5.91 Å². The maximum Gasteiger partial charge on any atom is 0.227 e. The molecule has 2 aromatic carbocycles. The molecule has 1 unspecified atom stereocenters. The molecule has 1 aromatic heterocycles. The van der Waals surface area contributed by atoms with Crippen LogP contribution in [0.4, 0.5) is 0 Å². The third kappa shape index (κ3) is 5.02. The van der Waals surface area contributed by atoms with Gasteiger partial charge in [-0.05, 0) is 93.7 Å². The third-order valence-corrected chi connectivity index (χ3v) is 10.2. The van der Waals surface area contributed by atoms with E-state index in [1.165, 1.54) is 36.8 Å². The number of aromatic nitrogens is 2. The highest BCUT2D eigenvalue weighted by Gasteiger charge is 2.44. The summed E-state index contributed by atoms with van der Waals surface area (Å²) in [6, 6.07) is 18.9. The van der Waals surface area contributed by atoms with Crippen molar-refractivity contribution in [2.75, 3.05) is 19.6 Å². The van der Waals surface area contributed by atoms with Crippen LogP contribution in [-0.4, -0.2) is 57.0 Å². The van der Waals surface area contributed by atoms with E-state index in [1.54, 1.807) is 0 Å². The van der Waals surface area contributed by atoms with E-state index < -0.39 is 0 Å². The minimum atomic E-state index is -0.335. The van der Waals surface area contributed by atoms with Gasteiger partial charge in [-0.1, -0.05) is 56.6 Å². The molecule has 39 heavy (non-hydrogen) atoms. The van der Waals surface area contributed by atoms with Gasteiger partial charge < -0.3 is 9.47 Å². The molecule has 2 bridgehead atoms. The minimum absolute atomic E-state index is 0.0625. The lowest BCUT2D eigenvalue weighted by atomic mass is 9.70. The predicted molar refractivity (Wildman–Crippen MR) is 159 cm³/mol. The van der Waals surface area contributed by atoms with Gasteiger partial charge in [0.1, 0.15) is 5.82 Å². The maximum atomic E-state index is 13.0. The number of likely N-dealkylation sites (tertiary alicyclic amines) is 1. The summed E-state index contributed by atoms with van der Waals surface area (Å²) in [5.74, 6) is 1.41. The van der Waals surface area contributed by atoms with Crippen LogP contribution in [-0.2, 0) is 10.2 Å². The van der Waals surface area contributed by atoms with Gasteiger partial charge in [-0.2, -0.15) is 0 Å². The molecule has 0 saturated carbocycles. The fourth-order valence-electron chi connectivity index (χ4n) is 7.90. The smallest absolute Gasteiger partial charge is 0.227 e. The van der Waals surface area contributed by atoms with E-state index in [2.05, 4.69) is 63.8 Å². The first kappa shape index (κ1) is 26.8. The van der Waals surface area contributed by atoms with Crippen LogP contribution in [0.3, 0.4) is 0 Å². The summed E-state index contributed by atoms with van der Waals surface area (Å²) in [5, 5.41) is 0.809. The summed E-state index contributed by atoms with van der Waals surface area (Å²) in [5.41, 5.74) is 3.47. The summed E-state index contributed by atoms with van der Waals surface area (Å²) in [4.78, 5) is 22.8. The van der Waals surface area contributed by atoms with Gasteiger partial charge >= 0.3 is 0 Å². The number of carbonyl (C=O) groups is 1.